The van der Waals surface area contributed by atoms with Gasteiger partial charge in [0.1, 0.15) is 0 Å². The standard InChI is InChI=1S/C13H21N3.ClH/c1-11-5-6-12(15-9-11)10-16-7-3-2-4-13(16)8-14;/h5-6,9,13H,2-4,7-8,10,14H2,1H3;1H. The minimum Gasteiger partial charge on any atom is -0.329 e. The largest absolute Gasteiger partial charge is 0.329 e. The van der Waals surface area contributed by atoms with Gasteiger partial charge in [-0.1, -0.05) is 12.5 Å². The van der Waals surface area contributed by atoms with Crippen molar-refractivity contribution in [2.24, 2.45) is 5.73 Å². The molecule has 96 valence electrons. The molecule has 0 aromatic carbocycles. The Balaban J connectivity index is 0.00000144. The van der Waals surface area contributed by atoms with Crippen LogP contribution in [0.4, 0.5) is 0 Å². The maximum Gasteiger partial charge on any atom is 0.0544 e. The van der Waals surface area contributed by atoms with Crippen LogP contribution in [0.25, 0.3) is 0 Å². The highest BCUT2D eigenvalue weighted by atomic mass is 35.5. The number of piperidine rings is 1. The van der Waals surface area contributed by atoms with Crippen LogP contribution < -0.4 is 5.73 Å². The third-order valence-electron chi connectivity index (χ3n) is 3.36. The van der Waals surface area contributed by atoms with E-state index in [-0.39, 0.29) is 12.4 Å². The van der Waals surface area contributed by atoms with Crippen molar-refractivity contribution in [3.8, 4) is 0 Å². The molecule has 0 spiro atoms. The number of hydrogen-bond acceptors (Lipinski definition) is 3. The Morgan fingerprint density at radius 2 is 2.24 bits per heavy atom. The number of pyridine rings is 1. The molecule has 0 amide bonds. The van der Waals surface area contributed by atoms with E-state index in [0.717, 1.165) is 25.3 Å². The summed E-state index contributed by atoms with van der Waals surface area (Å²) in [5.74, 6) is 0. The summed E-state index contributed by atoms with van der Waals surface area (Å²) in [5.41, 5.74) is 8.19. The second-order valence-corrected chi connectivity index (χ2v) is 4.68. The average molecular weight is 256 g/mol. The quantitative estimate of drug-likeness (QED) is 0.900. The Bertz CT molecular complexity index is 326. The van der Waals surface area contributed by atoms with Crippen molar-refractivity contribution in [2.45, 2.75) is 38.8 Å². The minimum absolute atomic E-state index is 0. The first-order valence-corrected chi connectivity index (χ1v) is 6.15. The molecular formula is C13H22ClN3. The third kappa shape index (κ3) is 3.95. The summed E-state index contributed by atoms with van der Waals surface area (Å²) in [7, 11) is 0. The van der Waals surface area contributed by atoms with E-state index >= 15 is 0 Å². The number of halogens is 1. The minimum atomic E-state index is 0. The number of aromatic nitrogens is 1. The van der Waals surface area contributed by atoms with Crippen LogP contribution >= 0.6 is 12.4 Å². The van der Waals surface area contributed by atoms with Crippen molar-refractivity contribution in [3.05, 3.63) is 29.6 Å². The van der Waals surface area contributed by atoms with Crippen molar-refractivity contribution in [1.82, 2.24) is 9.88 Å². The second-order valence-electron chi connectivity index (χ2n) is 4.68. The topological polar surface area (TPSA) is 42.1 Å². The number of nitrogens with two attached hydrogens (primary N) is 1. The van der Waals surface area contributed by atoms with Crippen LogP contribution in [0, 0.1) is 6.92 Å². The van der Waals surface area contributed by atoms with Gasteiger partial charge in [0.25, 0.3) is 0 Å². The molecule has 1 fully saturated rings. The number of likely N-dealkylation sites (tertiary alicyclic amines) is 1. The second kappa shape index (κ2) is 6.94. The van der Waals surface area contributed by atoms with Gasteiger partial charge in [0, 0.05) is 25.3 Å². The molecule has 1 aromatic rings. The molecule has 1 unspecified atom stereocenters. The van der Waals surface area contributed by atoms with Gasteiger partial charge in [-0.2, -0.15) is 0 Å². The van der Waals surface area contributed by atoms with Crippen LogP contribution in [0.5, 0.6) is 0 Å². The zero-order valence-electron chi connectivity index (χ0n) is 10.4. The van der Waals surface area contributed by atoms with Gasteiger partial charge in [-0.05, 0) is 37.9 Å². The van der Waals surface area contributed by atoms with Crippen molar-refractivity contribution < 1.29 is 0 Å². The van der Waals surface area contributed by atoms with E-state index in [1.807, 2.05) is 6.20 Å². The Morgan fingerprint density at radius 1 is 1.41 bits per heavy atom. The van der Waals surface area contributed by atoms with Gasteiger partial charge in [-0.15, -0.1) is 12.4 Å². The van der Waals surface area contributed by atoms with E-state index in [9.17, 15) is 0 Å². The molecule has 3 nitrogen and oxygen atoms in total. The monoisotopic (exact) mass is 255 g/mol. The molecule has 0 saturated carbocycles. The molecule has 1 aromatic heterocycles. The fourth-order valence-electron chi connectivity index (χ4n) is 2.34. The van der Waals surface area contributed by atoms with Crippen LogP contribution in [0.3, 0.4) is 0 Å². The predicted molar refractivity (Wildman–Crippen MR) is 73.3 cm³/mol. The Labute approximate surface area is 110 Å². The van der Waals surface area contributed by atoms with Gasteiger partial charge in [0.05, 0.1) is 5.69 Å². The molecule has 1 saturated heterocycles. The van der Waals surface area contributed by atoms with Gasteiger partial charge in [0.2, 0.25) is 0 Å². The van der Waals surface area contributed by atoms with E-state index in [4.69, 9.17) is 5.73 Å². The lowest BCUT2D eigenvalue weighted by atomic mass is 10.0. The number of nitrogens with zero attached hydrogens (tertiary/aromatic N) is 2. The summed E-state index contributed by atoms with van der Waals surface area (Å²) in [6.45, 7) is 4.95. The molecule has 0 bridgehead atoms. The predicted octanol–water partition coefficient (Wildman–Crippen LogP) is 2.13. The van der Waals surface area contributed by atoms with E-state index in [2.05, 4.69) is 28.9 Å². The highest BCUT2D eigenvalue weighted by molar-refractivity contribution is 5.85. The van der Waals surface area contributed by atoms with Gasteiger partial charge in [-0.3, -0.25) is 9.88 Å². The molecule has 1 aliphatic heterocycles. The number of rotatable bonds is 3. The lowest BCUT2D eigenvalue weighted by Crippen LogP contribution is -2.43. The van der Waals surface area contributed by atoms with Crippen molar-refractivity contribution >= 4 is 12.4 Å². The van der Waals surface area contributed by atoms with Crippen molar-refractivity contribution in [2.75, 3.05) is 13.1 Å². The summed E-state index contributed by atoms with van der Waals surface area (Å²) in [6.07, 6.45) is 5.79. The summed E-state index contributed by atoms with van der Waals surface area (Å²) in [5, 5.41) is 0. The van der Waals surface area contributed by atoms with E-state index < -0.39 is 0 Å². The fraction of sp³-hybridized carbons (Fsp3) is 0.615. The SMILES string of the molecule is Cc1ccc(CN2CCCCC2CN)nc1.Cl. The number of hydrogen-bond donors (Lipinski definition) is 1. The maximum absolute atomic E-state index is 5.81. The zero-order chi connectivity index (χ0) is 11.4. The molecular weight excluding hydrogens is 234 g/mol. The smallest absolute Gasteiger partial charge is 0.0544 e. The Kier molecular flexibility index (Phi) is 5.89. The summed E-state index contributed by atoms with van der Waals surface area (Å²) in [6, 6.07) is 4.80. The fourth-order valence-corrected chi connectivity index (χ4v) is 2.34. The third-order valence-corrected chi connectivity index (χ3v) is 3.36. The van der Waals surface area contributed by atoms with Gasteiger partial charge in [-0.25, -0.2) is 0 Å². The van der Waals surface area contributed by atoms with Crippen molar-refractivity contribution in [3.63, 3.8) is 0 Å². The molecule has 1 atom stereocenters. The van der Waals surface area contributed by atoms with Crippen LogP contribution in [0.2, 0.25) is 0 Å². The molecule has 2 heterocycles. The van der Waals surface area contributed by atoms with Crippen LogP contribution in [0.1, 0.15) is 30.5 Å². The normalized spacial score (nSPS) is 20.9. The molecule has 0 radical (unpaired) electrons. The molecule has 2 N–H and O–H groups in total. The average Bonchev–Trinajstić information content (AvgIpc) is 2.33. The zero-order valence-corrected chi connectivity index (χ0v) is 11.2. The summed E-state index contributed by atoms with van der Waals surface area (Å²) < 4.78 is 0. The highest BCUT2D eigenvalue weighted by Crippen LogP contribution is 2.18. The molecule has 1 aliphatic rings. The Hall–Kier alpha value is -0.640. The first kappa shape index (κ1) is 14.4. The van der Waals surface area contributed by atoms with Gasteiger partial charge < -0.3 is 5.73 Å². The summed E-state index contributed by atoms with van der Waals surface area (Å²) >= 11 is 0. The van der Waals surface area contributed by atoms with Crippen LogP contribution in [-0.2, 0) is 6.54 Å². The highest BCUT2D eigenvalue weighted by Gasteiger charge is 2.21. The number of aryl methyl sites for hydroxylation is 1. The van der Waals surface area contributed by atoms with Gasteiger partial charge >= 0.3 is 0 Å². The lowest BCUT2D eigenvalue weighted by Gasteiger charge is -2.34. The van der Waals surface area contributed by atoms with E-state index in [1.54, 1.807) is 0 Å². The lowest BCUT2D eigenvalue weighted by molar-refractivity contribution is 0.143. The maximum atomic E-state index is 5.81. The molecule has 4 heteroatoms. The summed E-state index contributed by atoms with van der Waals surface area (Å²) in [4.78, 5) is 6.93. The molecule has 17 heavy (non-hydrogen) atoms. The van der Waals surface area contributed by atoms with Gasteiger partial charge in [0.15, 0.2) is 0 Å². The molecule has 2 rings (SSSR count). The van der Waals surface area contributed by atoms with E-state index in [1.165, 1.54) is 24.8 Å². The van der Waals surface area contributed by atoms with Crippen LogP contribution in [0.15, 0.2) is 18.3 Å². The van der Waals surface area contributed by atoms with Crippen LogP contribution in [-0.4, -0.2) is 29.0 Å². The molecule has 0 aliphatic carbocycles. The first-order valence-electron chi connectivity index (χ1n) is 6.15. The van der Waals surface area contributed by atoms with Crippen molar-refractivity contribution in [1.29, 1.82) is 0 Å². The first-order chi connectivity index (χ1) is 7.79. The Morgan fingerprint density at radius 3 is 2.88 bits per heavy atom. The van der Waals surface area contributed by atoms with E-state index in [0.29, 0.717) is 6.04 Å².